The van der Waals surface area contributed by atoms with Crippen LogP contribution in [0.15, 0.2) is 53.7 Å². The summed E-state index contributed by atoms with van der Waals surface area (Å²) in [7, 11) is 0. The molecular weight excluding hydrogens is 406 g/mol. The molecule has 10 heteroatoms. The lowest BCUT2D eigenvalue weighted by Gasteiger charge is -2.09. The van der Waals surface area contributed by atoms with Crippen molar-refractivity contribution in [2.75, 3.05) is 11.1 Å². The normalized spacial score (nSPS) is 10.6. The van der Waals surface area contributed by atoms with Gasteiger partial charge in [0.2, 0.25) is 5.91 Å². The van der Waals surface area contributed by atoms with Crippen LogP contribution in [0.5, 0.6) is 0 Å². The van der Waals surface area contributed by atoms with Gasteiger partial charge in [0.15, 0.2) is 16.8 Å². The highest BCUT2D eigenvalue weighted by atomic mass is 32.2. The number of rotatable bonds is 8. The number of nitro benzene ring substituents is 1. The summed E-state index contributed by atoms with van der Waals surface area (Å²) in [6.07, 6.45) is 0. The lowest BCUT2D eigenvalue weighted by atomic mass is 10.1. The van der Waals surface area contributed by atoms with Gasteiger partial charge in [0.05, 0.1) is 10.7 Å². The fraction of sp³-hybridized carbons (Fsp3) is 0.200. The highest BCUT2D eigenvalue weighted by Gasteiger charge is 2.16. The first kappa shape index (κ1) is 21.2. The first-order valence-electron chi connectivity index (χ1n) is 9.10. The summed E-state index contributed by atoms with van der Waals surface area (Å²) < 4.78 is 1.89. The van der Waals surface area contributed by atoms with Crippen molar-refractivity contribution in [3.63, 3.8) is 0 Å². The molecule has 0 saturated carbocycles. The van der Waals surface area contributed by atoms with E-state index in [1.165, 1.54) is 43.0 Å². The van der Waals surface area contributed by atoms with Gasteiger partial charge in [0.1, 0.15) is 0 Å². The molecule has 0 aliphatic rings. The molecule has 3 rings (SSSR count). The molecule has 0 saturated heterocycles. The van der Waals surface area contributed by atoms with Crippen LogP contribution in [0.1, 0.15) is 24.2 Å². The zero-order chi connectivity index (χ0) is 21.7. The Bertz CT molecular complexity index is 1090. The Labute approximate surface area is 176 Å². The molecular formula is C20H19N5O4S. The van der Waals surface area contributed by atoms with Crippen LogP contribution in [0.25, 0.3) is 11.4 Å². The molecule has 0 bridgehead atoms. The van der Waals surface area contributed by atoms with Crippen LogP contribution in [-0.4, -0.2) is 37.1 Å². The number of nitrogens with one attached hydrogen (secondary N) is 1. The van der Waals surface area contributed by atoms with Crippen LogP contribution in [0.3, 0.4) is 0 Å². The number of carbonyl (C=O) groups excluding carboxylic acids is 2. The Morgan fingerprint density at radius 3 is 2.53 bits per heavy atom. The highest BCUT2D eigenvalue weighted by Crippen LogP contribution is 2.26. The van der Waals surface area contributed by atoms with Gasteiger partial charge < -0.3 is 9.88 Å². The monoisotopic (exact) mass is 425 g/mol. The minimum absolute atomic E-state index is 0.0592. The highest BCUT2D eigenvalue weighted by molar-refractivity contribution is 7.99. The molecule has 0 spiro atoms. The molecule has 1 N–H and O–H groups in total. The van der Waals surface area contributed by atoms with Crippen LogP contribution in [0, 0.1) is 10.1 Å². The van der Waals surface area contributed by atoms with Crippen LogP contribution in [0.4, 0.5) is 11.4 Å². The number of hydrogen-bond donors (Lipinski definition) is 1. The van der Waals surface area contributed by atoms with E-state index in [0.717, 1.165) is 5.56 Å². The second-order valence-electron chi connectivity index (χ2n) is 6.33. The molecule has 3 aromatic rings. The zero-order valence-corrected chi connectivity index (χ0v) is 17.2. The van der Waals surface area contributed by atoms with E-state index in [1.54, 1.807) is 6.07 Å². The van der Waals surface area contributed by atoms with Crippen molar-refractivity contribution in [2.45, 2.75) is 25.5 Å². The third-order valence-electron chi connectivity index (χ3n) is 4.21. The van der Waals surface area contributed by atoms with Crippen molar-refractivity contribution in [3.05, 3.63) is 64.2 Å². The van der Waals surface area contributed by atoms with Gasteiger partial charge in [-0.05, 0) is 31.2 Å². The zero-order valence-electron chi connectivity index (χ0n) is 16.4. The molecule has 1 heterocycles. The van der Waals surface area contributed by atoms with E-state index in [9.17, 15) is 19.7 Å². The smallest absolute Gasteiger partial charge is 0.269 e. The first-order chi connectivity index (χ1) is 14.4. The Kier molecular flexibility index (Phi) is 6.58. The molecule has 0 aliphatic heterocycles. The second kappa shape index (κ2) is 9.31. The minimum atomic E-state index is -0.505. The lowest BCUT2D eigenvalue weighted by molar-refractivity contribution is -0.384. The lowest BCUT2D eigenvalue weighted by Crippen LogP contribution is -2.06. The third kappa shape index (κ3) is 4.90. The number of amides is 1. The quantitative estimate of drug-likeness (QED) is 0.252. The van der Waals surface area contributed by atoms with E-state index in [4.69, 9.17) is 0 Å². The Hall–Kier alpha value is -3.53. The SMILES string of the molecule is CCn1c(SCC(=O)c2ccc([N+](=O)[O-])cc2)nnc1-c1cccc(NC(C)=O)c1. The first-order valence-corrected chi connectivity index (χ1v) is 10.1. The number of hydrogen-bond acceptors (Lipinski definition) is 7. The summed E-state index contributed by atoms with van der Waals surface area (Å²) in [4.78, 5) is 34.0. The van der Waals surface area contributed by atoms with Gasteiger partial charge in [0, 0.05) is 42.4 Å². The fourth-order valence-corrected chi connectivity index (χ4v) is 3.71. The van der Waals surface area contributed by atoms with Gasteiger partial charge in [-0.25, -0.2) is 0 Å². The Balaban J connectivity index is 1.75. The maximum Gasteiger partial charge on any atom is 0.269 e. The predicted molar refractivity (Wildman–Crippen MR) is 114 cm³/mol. The summed E-state index contributed by atoms with van der Waals surface area (Å²) in [5, 5.41) is 22.5. The number of non-ortho nitro benzene ring substituents is 1. The molecule has 2 aromatic carbocycles. The predicted octanol–water partition coefficient (Wildman–Crippen LogP) is 3.81. The molecule has 9 nitrogen and oxygen atoms in total. The van der Waals surface area contributed by atoms with Gasteiger partial charge >= 0.3 is 0 Å². The largest absolute Gasteiger partial charge is 0.326 e. The van der Waals surface area contributed by atoms with Crippen molar-refractivity contribution in [3.8, 4) is 11.4 Å². The fourth-order valence-electron chi connectivity index (χ4n) is 2.82. The Morgan fingerprint density at radius 1 is 1.17 bits per heavy atom. The number of Topliss-reactive ketones (excluding diaryl/α,β-unsaturated/α-hetero) is 1. The Morgan fingerprint density at radius 2 is 1.90 bits per heavy atom. The van der Waals surface area contributed by atoms with E-state index in [2.05, 4.69) is 15.5 Å². The van der Waals surface area contributed by atoms with Crippen molar-refractivity contribution in [2.24, 2.45) is 0 Å². The van der Waals surface area contributed by atoms with E-state index >= 15 is 0 Å². The van der Waals surface area contributed by atoms with Crippen molar-refractivity contribution in [1.82, 2.24) is 14.8 Å². The maximum atomic E-state index is 12.4. The van der Waals surface area contributed by atoms with Gasteiger partial charge in [-0.3, -0.25) is 19.7 Å². The maximum absolute atomic E-state index is 12.4. The number of ketones is 1. The summed E-state index contributed by atoms with van der Waals surface area (Å²) in [5.41, 5.74) is 1.80. The molecule has 0 fully saturated rings. The van der Waals surface area contributed by atoms with Crippen LogP contribution >= 0.6 is 11.8 Å². The average Bonchev–Trinajstić information content (AvgIpc) is 3.14. The van der Waals surface area contributed by atoms with E-state index in [1.807, 2.05) is 29.7 Å². The molecule has 154 valence electrons. The molecule has 30 heavy (non-hydrogen) atoms. The molecule has 0 atom stereocenters. The number of carbonyl (C=O) groups is 2. The molecule has 1 amide bonds. The molecule has 1 aromatic heterocycles. The number of nitrogens with zero attached hydrogens (tertiary/aromatic N) is 4. The molecule has 0 aliphatic carbocycles. The summed E-state index contributed by atoms with van der Waals surface area (Å²) in [6.45, 7) is 3.99. The topological polar surface area (TPSA) is 120 Å². The van der Waals surface area contributed by atoms with Crippen molar-refractivity contribution in [1.29, 1.82) is 0 Å². The van der Waals surface area contributed by atoms with E-state index in [-0.39, 0.29) is 23.1 Å². The van der Waals surface area contributed by atoms with Crippen molar-refractivity contribution >= 4 is 34.8 Å². The van der Waals surface area contributed by atoms with Crippen LogP contribution in [0.2, 0.25) is 0 Å². The molecule has 0 unspecified atom stereocenters. The van der Waals surface area contributed by atoms with Crippen molar-refractivity contribution < 1.29 is 14.5 Å². The van der Waals surface area contributed by atoms with Gasteiger partial charge in [-0.15, -0.1) is 10.2 Å². The van der Waals surface area contributed by atoms with Crippen LogP contribution in [-0.2, 0) is 11.3 Å². The van der Waals surface area contributed by atoms with Crippen LogP contribution < -0.4 is 5.32 Å². The number of anilines is 1. The second-order valence-corrected chi connectivity index (χ2v) is 7.27. The third-order valence-corrected chi connectivity index (χ3v) is 5.17. The van der Waals surface area contributed by atoms with Gasteiger partial charge in [0.25, 0.3) is 5.69 Å². The number of thioether (sulfide) groups is 1. The minimum Gasteiger partial charge on any atom is -0.326 e. The van der Waals surface area contributed by atoms with Gasteiger partial charge in [-0.2, -0.15) is 0 Å². The number of nitro groups is 1. The summed E-state index contributed by atoms with van der Waals surface area (Å²) in [5.74, 6) is 0.442. The number of benzene rings is 2. The van der Waals surface area contributed by atoms with E-state index in [0.29, 0.717) is 28.8 Å². The summed E-state index contributed by atoms with van der Waals surface area (Å²) in [6, 6.07) is 12.8. The standard InChI is InChI=1S/C20H19N5O4S/c1-3-24-19(15-5-4-6-16(11-15)21-13(2)26)22-23-20(24)30-12-18(27)14-7-9-17(10-8-14)25(28)29/h4-11H,3,12H2,1-2H3,(H,21,26). The van der Waals surface area contributed by atoms with Gasteiger partial charge in [-0.1, -0.05) is 23.9 Å². The number of aromatic nitrogens is 3. The summed E-state index contributed by atoms with van der Waals surface area (Å²) >= 11 is 1.25. The molecule has 0 radical (unpaired) electrons. The average molecular weight is 425 g/mol. The van der Waals surface area contributed by atoms with E-state index < -0.39 is 4.92 Å².